The number of para-hydroxylation sites is 1. The maximum Gasteiger partial charge on any atom is 0.107 e. The normalized spacial score (nSPS) is 11.3. The molecule has 1 atom stereocenters. The van der Waals surface area contributed by atoms with Crippen molar-refractivity contribution in [1.29, 1.82) is 5.26 Å². The van der Waals surface area contributed by atoms with Crippen LogP contribution in [0.3, 0.4) is 0 Å². The Labute approximate surface area is 114 Å². The van der Waals surface area contributed by atoms with Crippen molar-refractivity contribution in [3.8, 4) is 18.4 Å². The first kappa shape index (κ1) is 15.0. The summed E-state index contributed by atoms with van der Waals surface area (Å²) in [6.07, 6.45) is 4.85. The van der Waals surface area contributed by atoms with E-state index in [1.807, 2.05) is 35.2 Å². The second-order valence-electron chi connectivity index (χ2n) is 4.06. The summed E-state index contributed by atoms with van der Waals surface area (Å²) in [6.45, 7) is 1.38. The fourth-order valence-corrected chi connectivity index (χ4v) is 1.71. The topological polar surface area (TPSA) is 56.5 Å². The maximum absolute atomic E-state index is 9.89. The van der Waals surface area contributed by atoms with Gasteiger partial charge in [-0.3, -0.25) is 0 Å². The summed E-state index contributed by atoms with van der Waals surface area (Å²) in [7, 11) is 0. The van der Waals surface area contributed by atoms with E-state index in [2.05, 4.69) is 12.0 Å². The molecule has 0 fully saturated rings. The SMILES string of the molecule is C#CCOCC(O)CN(CCC#N)c1ccccc1. The van der Waals surface area contributed by atoms with E-state index in [4.69, 9.17) is 16.4 Å². The van der Waals surface area contributed by atoms with Crippen LogP contribution in [0.25, 0.3) is 0 Å². The molecule has 0 saturated carbocycles. The molecule has 4 heteroatoms. The molecule has 100 valence electrons. The van der Waals surface area contributed by atoms with Crippen molar-refractivity contribution in [3.63, 3.8) is 0 Å². The Morgan fingerprint density at radius 3 is 2.74 bits per heavy atom. The van der Waals surface area contributed by atoms with Crippen LogP contribution in [0.2, 0.25) is 0 Å². The summed E-state index contributed by atoms with van der Waals surface area (Å²) in [5.41, 5.74) is 0.980. The van der Waals surface area contributed by atoms with Crippen molar-refractivity contribution >= 4 is 5.69 Å². The molecule has 1 aromatic rings. The highest BCUT2D eigenvalue weighted by molar-refractivity contribution is 5.46. The number of rotatable bonds is 8. The minimum Gasteiger partial charge on any atom is -0.389 e. The highest BCUT2D eigenvalue weighted by Crippen LogP contribution is 2.14. The predicted molar refractivity (Wildman–Crippen MR) is 74.5 cm³/mol. The first-order valence-electron chi connectivity index (χ1n) is 6.14. The number of hydrogen-bond acceptors (Lipinski definition) is 4. The number of aliphatic hydroxyl groups excluding tert-OH is 1. The van der Waals surface area contributed by atoms with E-state index in [0.29, 0.717) is 19.5 Å². The molecule has 0 bridgehead atoms. The van der Waals surface area contributed by atoms with Gasteiger partial charge in [-0.25, -0.2) is 0 Å². The Morgan fingerprint density at radius 2 is 2.11 bits per heavy atom. The predicted octanol–water partition coefficient (Wildman–Crippen LogP) is 1.42. The third-order valence-electron chi connectivity index (χ3n) is 2.54. The summed E-state index contributed by atoms with van der Waals surface area (Å²) < 4.78 is 5.11. The van der Waals surface area contributed by atoms with Crippen LogP contribution < -0.4 is 4.90 Å². The van der Waals surface area contributed by atoms with E-state index >= 15 is 0 Å². The van der Waals surface area contributed by atoms with Gasteiger partial charge in [0.15, 0.2) is 0 Å². The highest BCUT2D eigenvalue weighted by atomic mass is 16.5. The smallest absolute Gasteiger partial charge is 0.107 e. The summed E-state index contributed by atoms with van der Waals surface area (Å²) >= 11 is 0. The summed E-state index contributed by atoms with van der Waals surface area (Å²) in [5, 5.41) is 18.6. The van der Waals surface area contributed by atoms with E-state index in [1.165, 1.54) is 0 Å². The summed E-state index contributed by atoms with van der Waals surface area (Å²) in [5.74, 6) is 2.35. The Hall–Kier alpha value is -2.01. The van der Waals surface area contributed by atoms with Gasteiger partial charge in [0.25, 0.3) is 0 Å². The largest absolute Gasteiger partial charge is 0.389 e. The van der Waals surface area contributed by atoms with E-state index in [0.717, 1.165) is 5.69 Å². The standard InChI is InChI=1S/C15H18N2O2/c1-2-11-19-13-15(18)12-17(10-6-9-16)14-7-4-3-5-8-14/h1,3-5,7-8,15,18H,6,10-13H2. The zero-order chi connectivity index (χ0) is 13.9. The van der Waals surface area contributed by atoms with Crippen molar-refractivity contribution in [1.82, 2.24) is 0 Å². The van der Waals surface area contributed by atoms with Gasteiger partial charge in [0, 0.05) is 18.8 Å². The second kappa shape index (κ2) is 8.99. The minimum absolute atomic E-state index is 0.195. The van der Waals surface area contributed by atoms with Gasteiger partial charge in [0.2, 0.25) is 0 Å². The van der Waals surface area contributed by atoms with Crippen molar-refractivity contribution in [2.45, 2.75) is 12.5 Å². The van der Waals surface area contributed by atoms with Gasteiger partial charge in [0.05, 0.1) is 25.2 Å². The molecular weight excluding hydrogens is 240 g/mol. The van der Waals surface area contributed by atoms with Crippen LogP contribution in [0.15, 0.2) is 30.3 Å². The van der Waals surface area contributed by atoms with Gasteiger partial charge in [-0.05, 0) is 12.1 Å². The van der Waals surface area contributed by atoms with E-state index in [1.54, 1.807) is 0 Å². The lowest BCUT2D eigenvalue weighted by atomic mass is 10.2. The van der Waals surface area contributed by atoms with E-state index < -0.39 is 6.10 Å². The fraction of sp³-hybridized carbons (Fsp3) is 0.400. The van der Waals surface area contributed by atoms with Gasteiger partial charge in [-0.2, -0.15) is 5.26 Å². The number of benzene rings is 1. The lowest BCUT2D eigenvalue weighted by Gasteiger charge is -2.26. The number of hydrogen-bond donors (Lipinski definition) is 1. The molecule has 4 nitrogen and oxygen atoms in total. The van der Waals surface area contributed by atoms with Crippen LogP contribution in [0.1, 0.15) is 6.42 Å². The molecule has 19 heavy (non-hydrogen) atoms. The molecule has 0 aromatic heterocycles. The average molecular weight is 258 g/mol. The molecule has 1 rings (SSSR count). The van der Waals surface area contributed by atoms with Gasteiger partial charge in [-0.1, -0.05) is 24.1 Å². The summed E-state index contributed by atoms with van der Waals surface area (Å²) in [6, 6.07) is 11.8. The van der Waals surface area contributed by atoms with Gasteiger partial charge in [-0.15, -0.1) is 6.42 Å². The Bertz CT molecular complexity index is 434. The number of aliphatic hydroxyl groups is 1. The average Bonchev–Trinajstić information content (AvgIpc) is 2.44. The molecule has 0 aliphatic rings. The highest BCUT2D eigenvalue weighted by Gasteiger charge is 2.12. The lowest BCUT2D eigenvalue weighted by Crippen LogP contribution is -2.35. The molecule has 0 heterocycles. The van der Waals surface area contributed by atoms with Crippen LogP contribution in [0.5, 0.6) is 0 Å². The molecule has 1 unspecified atom stereocenters. The molecule has 0 spiro atoms. The van der Waals surface area contributed by atoms with Crippen molar-refractivity contribution in [3.05, 3.63) is 30.3 Å². The summed E-state index contributed by atoms with van der Waals surface area (Å²) in [4.78, 5) is 1.97. The number of anilines is 1. The van der Waals surface area contributed by atoms with Crippen LogP contribution in [0.4, 0.5) is 5.69 Å². The van der Waals surface area contributed by atoms with Gasteiger partial charge < -0.3 is 14.7 Å². The molecule has 0 radical (unpaired) electrons. The van der Waals surface area contributed by atoms with Gasteiger partial charge in [0.1, 0.15) is 6.61 Å². The van der Waals surface area contributed by atoms with Crippen LogP contribution >= 0.6 is 0 Å². The minimum atomic E-state index is -0.632. The van der Waals surface area contributed by atoms with Crippen molar-refractivity contribution < 1.29 is 9.84 Å². The third kappa shape index (κ3) is 5.92. The zero-order valence-corrected chi connectivity index (χ0v) is 10.8. The monoisotopic (exact) mass is 258 g/mol. The number of terminal acetylenes is 1. The lowest BCUT2D eigenvalue weighted by molar-refractivity contribution is 0.0553. The molecular formula is C15H18N2O2. The van der Waals surface area contributed by atoms with E-state index in [-0.39, 0.29) is 13.2 Å². The number of nitrogens with zero attached hydrogens (tertiary/aromatic N) is 2. The molecule has 0 aliphatic heterocycles. The number of ether oxygens (including phenoxy) is 1. The first-order chi connectivity index (χ1) is 9.27. The molecule has 0 aliphatic carbocycles. The molecule has 1 N–H and O–H groups in total. The Kier molecular flexibility index (Phi) is 7.12. The van der Waals surface area contributed by atoms with Crippen molar-refractivity contribution in [2.75, 3.05) is 31.2 Å². The van der Waals surface area contributed by atoms with Crippen molar-refractivity contribution in [2.24, 2.45) is 0 Å². The quantitative estimate of drug-likeness (QED) is 0.566. The van der Waals surface area contributed by atoms with Crippen LogP contribution in [-0.2, 0) is 4.74 Å². The maximum atomic E-state index is 9.89. The Balaban J connectivity index is 2.55. The van der Waals surface area contributed by atoms with Crippen LogP contribution in [-0.4, -0.2) is 37.5 Å². The fourth-order valence-electron chi connectivity index (χ4n) is 1.71. The van der Waals surface area contributed by atoms with Crippen LogP contribution in [0, 0.1) is 23.7 Å². The zero-order valence-electron chi connectivity index (χ0n) is 10.8. The van der Waals surface area contributed by atoms with Gasteiger partial charge >= 0.3 is 0 Å². The Morgan fingerprint density at radius 1 is 1.37 bits per heavy atom. The molecule has 1 aromatic carbocycles. The first-order valence-corrected chi connectivity index (χ1v) is 6.14. The molecule has 0 saturated heterocycles. The van der Waals surface area contributed by atoms with E-state index in [9.17, 15) is 5.11 Å². The molecule has 0 amide bonds. The third-order valence-corrected chi connectivity index (χ3v) is 2.54. The second-order valence-corrected chi connectivity index (χ2v) is 4.06. The number of nitriles is 1.